The lowest BCUT2D eigenvalue weighted by atomic mass is 10.0. The van der Waals surface area contributed by atoms with Crippen LogP contribution >= 0.6 is 0 Å². The molecular weight excluding hydrogens is 216 g/mol. The first-order valence-corrected chi connectivity index (χ1v) is 5.35. The van der Waals surface area contributed by atoms with E-state index in [1.807, 2.05) is 30.3 Å². The molecule has 0 saturated carbocycles. The minimum Gasteiger partial charge on any atom is -0.478 e. The molecule has 0 aliphatic heterocycles. The van der Waals surface area contributed by atoms with E-state index in [-0.39, 0.29) is 0 Å². The molecule has 0 unspecified atom stereocenters. The van der Waals surface area contributed by atoms with E-state index in [4.69, 9.17) is 5.11 Å². The van der Waals surface area contributed by atoms with Gasteiger partial charge in [0.15, 0.2) is 0 Å². The highest BCUT2D eigenvalue weighted by atomic mass is 16.4. The maximum Gasteiger partial charge on any atom is 0.331 e. The Morgan fingerprint density at radius 2 is 1.82 bits per heavy atom. The first-order chi connectivity index (χ1) is 8.25. The maximum atomic E-state index is 10.7. The number of azo groups is 1. The molecule has 17 heavy (non-hydrogen) atoms. The molecular formula is C13H12N2O2. The van der Waals surface area contributed by atoms with Crippen LogP contribution in [0.25, 0.3) is 0 Å². The van der Waals surface area contributed by atoms with Gasteiger partial charge in [-0.3, -0.25) is 0 Å². The minimum atomic E-state index is -0.861. The van der Waals surface area contributed by atoms with Crippen LogP contribution in [-0.4, -0.2) is 11.1 Å². The second kappa shape index (κ2) is 5.21. The number of carboxylic acid groups (broad SMARTS) is 1. The molecule has 0 spiro atoms. The number of carboxylic acids is 1. The predicted molar refractivity (Wildman–Crippen MR) is 64.0 cm³/mol. The van der Waals surface area contributed by atoms with Crippen LogP contribution in [0.15, 0.2) is 64.0 Å². The number of aliphatic carboxylic acids is 1. The molecule has 0 fully saturated rings. The molecule has 1 aliphatic carbocycles. The Morgan fingerprint density at radius 1 is 1.06 bits per heavy atom. The van der Waals surface area contributed by atoms with Crippen molar-refractivity contribution in [3.05, 3.63) is 53.8 Å². The highest BCUT2D eigenvalue weighted by Gasteiger charge is 2.11. The smallest absolute Gasteiger partial charge is 0.331 e. The lowest BCUT2D eigenvalue weighted by molar-refractivity contribution is -0.132. The molecule has 86 valence electrons. The van der Waals surface area contributed by atoms with Crippen LogP contribution in [0, 0.1) is 0 Å². The van der Waals surface area contributed by atoms with Crippen LogP contribution in [0.3, 0.4) is 0 Å². The molecule has 1 aliphatic rings. The van der Waals surface area contributed by atoms with Crippen LogP contribution in [0.1, 0.15) is 12.8 Å². The monoisotopic (exact) mass is 228 g/mol. The van der Waals surface area contributed by atoms with E-state index in [1.54, 1.807) is 12.2 Å². The first-order valence-electron chi connectivity index (χ1n) is 5.35. The Morgan fingerprint density at radius 3 is 2.41 bits per heavy atom. The third-order valence-electron chi connectivity index (χ3n) is 2.45. The van der Waals surface area contributed by atoms with Crippen LogP contribution in [0.5, 0.6) is 0 Å². The molecule has 0 aromatic heterocycles. The Labute approximate surface area is 99.0 Å². The Kier molecular flexibility index (Phi) is 3.45. The molecule has 4 nitrogen and oxygen atoms in total. The standard InChI is InChI=1S/C13H12N2O2/c16-13(17)10-6-8-12(9-7-10)15-14-11-4-2-1-3-5-11/h1-6,8H,7,9H2,(H,16,17). The fourth-order valence-corrected chi connectivity index (χ4v) is 1.50. The van der Waals surface area contributed by atoms with Crippen molar-refractivity contribution < 1.29 is 9.90 Å². The van der Waals surface area contributed by atoms with E-state index >= 15 is 0 Å². The van der Waals surface area contributed by atoms with Crippen molar-refractivity contribution in [2.45, 2.75) is 12.8 Å². The molecule has 2 rings (SSSR count). The summed E-state index contributed by atoms with van der Waals surface area (Å²) in [6.45, 7) is 0. The second-order valence-corrected chi connectivity index (χ2v) is 3.69. The zero-order chi connectivity index (χ0) is 12.1. The predicted octanol–water partition coefficient (Wildman–Crippen LogP) is 3.46. The summed E-state index contributed by atoms with van der Waals surface area (Å²) in [7, 11) is 0. The maximum absolute atomic E-state index is 10.7. The van der Waals surface area contributed by atoms with Gasteiger partial charge < -0.3 is 5.11 Å². The van der Waals surface area contributed by atoms with E-state index in [2.05, 4.69) is 10.2 Å². The summed E-state index contributed by atoms with van der Waals surface area (Å²) in [5, 5.41) is 17.0. The molecule has 0 bridgehead atoms. The molecule has 0 heterocycles. The Bertz CT molecular complexity index is 501. The van der Waals surface area contributed by atoms with Gasteiger partial charge in [-0.25, -0.2) is 4.79 Å². The zero-order valence-electron chi connectivity index (χ0n) is 9.21. The van der Waals surface area contributed by atoms with Crippen molar-refractivity contribution in [3.8, 4) is 0 Å². The quantitative estimate of drug-likeness (QED) is 0.805. The minimum absolute atomic E-state index is 0.420. The number of hydrogen-bond donors (Lipinski definition) is 1. The lowest BCUT2D eigenvalue weighted by Gasteiger charge is -2.06. The van der Waals surface area contributed by atoms with E-state index in [9.17, 15) is 4.79 Å². The van der Waals surface area contributed by atoms with E-state index in [0.717, 1.165) is 11.4 Å². The zero-order valence-corrected chi connectivity index (χ0v) is 9.21. The van der Waals surface area contributed by atoms with Gasteiger partial charge in [-0.15, -0.1) is 0 Å². The number of allylic oxidation sites excluding steroid dienone is 3. The Balaban J connectivity index is 2.07. The number of nitrogens with zero attached hydrogens (tertiary/aromatic N) is 2. The molecule has 0 amide bonds. The van der Waals surface area contributed by atoms with Crippen molar-refractivity contribution in [1.29, 1.82) is 0 Å². The molecule has 1 aromatic rings. The van der Waals surface area contributed by atoms with Crippen LogP contribution < -0.4 is 0 Å². The topological polar surface area (TPSA) is 62.0 Å². The number of carbonyl (C=O) groups is 1. The first kappa shape index (κ1) is 11.3. The van der Waals surface area contributed by atoms with Crippen LogP contribution in [0.2, 0.25) is 0 Å². The average molecular weight is 228 g/mol. The van der Waals surface area contributed by atoms with Crippen molar-refractivity contribution in [1.82, 2.24) is 0 Å². The van der Waals surface area contributed by atoms with Crippen molar-refractivity contribution in [2.24, 2.45) is 10.2 Å². The van der Waals surface area contributed by atoms with Gasteiger partial charge in [-0.1, -0.05) is 18.2 Å². The fourth-order valence-electron chi connectivity index (χ4n) is 1.50. The highest BCUT2D eigenvalue weighted by molar-refractivity contribution is 5.87. The van der Waals surface area contributed by atoms with E-state index < -0.39 is 5.97 Å². The average Bonchev–Trinajstić information content (AvgIpc) is 2.38. The summed E-state index contributed by atoms with van der Waals surface area (Å²) < 4.78 is 0. The molecule has 1 N–H and O–H groups in total. The largest absolute Gasteiger partial charge is 0.478 e. The van der Waals surface area contributed by atoms with Gasteiger partial charge in [-0.2, -0.15) is 10.2 Å². The van der Waals surface area contributed by atoms with Crippen molar-refractivity contribution >= 4 is 11.7 Å². The SMILES string of the molecule is O=C(O)C1=CC=C(N=Nc2ccccc2)CC1. The van der Waals surface area contributed by atoms with Crippen molar-refractivity contribution in [2.75, 3.05) is 0 Å². The molecule has 1 aromatic carbocycles. The van der Waals surface area contributed by atoms with E-state index in [0.29, 0.717) is 18.4 Å². The highest BCUT2D eigenvalue weighted by Crippen LogP contribution is 2.21. The van der Waals surface area contributed by atoms with E-state index in [1.165, 1.54) is 0 Å². The third kappa shape index (κ3) is 3.11. The molecule has 0 saturated heterocycles. The van der Waals surface area contributed by atoms with Crippen molar-refractivity contribution in [3.63, 3.8) is 0 Å². The number of benzene rings is 1. The molecule has 0 atom stereocenters. The van der Waals surface area contributed by atoms with Gasteiger partial charge in [0.25, 0.3) is 0 Å². The molecule has 0 radical (unpaired) electrons. The van der Waals surface area contributed by atoms with Gasteiger partial charge >= 0.3 is 5.97 Å². The van der Waals surface area contributed by atoms with Crippen LogP contribution in [-0.2, 0) is 4.79 Å². The third-order valence-corrected chi connectivity index (χ3v) is 2.45. The number of rotatable bonds is 3. The van der Waals surface area contributed by atoms with Gasteiger partial charge in [0, 0.05) is 5.57 Å². The van der Waals surface area contributed by atoms with Gasteiger partial charge in [0.1, 0.15) is 0 Å². The fraction of sp³-hybridized carbons (Fsp3) is 0.154. The Hall–Kier alpha value is -2.23. The normalized spacial score (nSPS) is 15.5. The summed E-state index contributed by atoms with van der Waals surface area (Å²) >= 11 is 0. The van der Waals surface area contributed by atoms with Gasteiger partial charge in [0.2, 0.25) is 0 Å². The summed E-state index contributed by atoms with van der Waals surface area (Å²) in [6.07, 6.45) is 4.42. The summed E-state index contributed by atoms with van der Waals surface area (Å²) in [4.78, 5) is 10.7. The van der Waals surface area contributed by atoms with Gasteiger partial charge in [-0.05, 0) is 37.1 Å². The summed E-state index contributed by atoms with van der Waals surface area (Å²) in [5.74, 6) is -0.861. The molecule has 4 heteroatoms. The lowest BCUT2D eigenvalue weighted by Crippen LogP contribution is -2.03. The summed E-state index contributed by atoms with van der Waals surface area (Å²) in [6, 6.07) is 9.44. The van der Waals surface area contributed by atoms with Gasteiger partial charge in [0.05, 0.1) is 11.4 Å². The van der Waals surface area contributed by atoms with Crippen LogP contribution in [0.4, 0.5) is 5.69 Å². The summed E-state index contributed by atoms with van der Waals surface area (Å²) in [5.41, 5.74) is 2.02. The second-order valence-electron chi connectivity index (χ2n) is 3.69. The number of hydrogen-bond acceptors (Lipinski definition) is 3.